The van der Waals surface area contributed by atoms with Gasteiger partial charge in [-0.2, -0.15) is 13.2 Å². The van der Waals surface area contributed by atoms with Gasteiger partial charge in [0.05, 0.1) is 5.56 Å². The Bertz CT molecular complexity index is 533. The molecule has 1 amide bonds. The molecule has 2 rings (SSSR count). The number of nitrogens with two attached hydrogens (primary N) is 2. The number of carbonyl (C=O) groups excluding carboxylic acids is 1. The molecule has 8 heteroatoms. The molecule has 1 aliphatic rings. The molecule has 1 atom stereocenters. The van der Waals surface area contributed by atoms with Crippen LogP contribution in [0.4, 0.5) is 19.0 Å². The number of aromatic nitrogens is 1. The van der Waals surface area contributed by atoms with Gasteiger partial charge in [0.1, 0.15) is 11.5 Å². The number of amides is 1. The fraction of sp³-hybridized carbons (Fsp3) is 0.538. The third-order valence-corrected chi connectivity index (χ3v) is 3.58. The average molecular weight is 302 g/mol. The Morgan fingerprint density at radius 2 is 2.14 bits per heavy atom. The second-order valence-corrected chi connectivity index (χ2v) is 5.12. The van der Waals surface area contributed by atoms with E-state index in [1.807, 2.05) is 0 Å². The third kappa shape index (κ3) is 3.44. The maximum absolute atomic E-state index is 12.8. The molecule has 5 nitrogen and oxygen atoms in total. The Labute approximate surface area is 120 Å². The fourth-order valence-electron chi connectivity index (χ4n) is 2.49. The van der Waals surface area contributed by atoms with E-state index in [0.717, 1.165) is 25.0 Å². The number of hydrogen-bond donors (Lipinski definition) is 2. The van der Waals surface area contributed by atoms with Gasteiger partial charge in [-0.05, 0) is 37.4 Å². The molecule has 0 saturated carbocycles. The van der Waals surface area contributed by atoms with Gasteiger partial charge >= 0.3 is 6.18 Å². The molecule has 116 valence electrons. The van der Waals surface area contributed by atoms with Crippen LogP contribution in [-0.2, 0) is 6.18 Å². The van der Waals surface area contributed by atoms with Crippen molar-refractivity contribution >= 4 is 11.7 Å². The summed E-state index contributed by atoms with van der Waals surface area (Å²) < 4.78 is 38.4. The van der Waals surface area contributed by atoms with Crippen molar-refractivity contribution in [2.75, 3.05) is 24.5 Å². The molecule has 1 aromatic heterocycles. The van der Waals surface area contributed by atoms with Gasteiger partial charge in [-0.15, -0.1) is 0 Å². The average Bonchev–Trinajstić information content (AvgIpc) is 2.45. The van der Waals surface area contributed by atoms with E-state index in [4.69, 9.17) is 11.5 Å². The van der Waals surface area contributed by atoms with E-state index in [9.17, 15) is 18.0 Å². The summed E-state index contributed by atoms with van der Waals surface area (Å²) in [5.41, 5.74) is 9.83. The minimum absolute atomic E-state index is 0.000622. The lowest BCUT2D eigenvalue weighted by molar-refractivity contribution is -0.141. The van der Waals surface area contributed by atoms with Gasteiger partial charge in [0, 0.05) is 13.1 Å². The molecule has 0 aliphatic carbocycles. The predicted octanol–water partition coefficient (Wildman–Crippen LogP) is 1.37. The molecular formula is C13H17F3N4O. The zero-order valence-corrected chi connectivity index (χ0v) is 11.4. The topological polar surface area (TPSA) is 85.2 Å². The van der Waals surface area contributed by atoms with Gasteiger partial charge in [-0.25, -0.2) is 4.98 Å². The molecule has 1 aliphatic heterocycles. The molecule has 1 fully saturated rings. The molecule has 1 unspecified atom stereocenters. The van der Waals surface area contributed by atoms with Gasteiger partial charge in [0.15, 0.2) is 0 Å². The largest absolute Gasteiger partial charge is 0.433 e. The lowest BCUT2D eigenvalue weighted by atomic mass is 9.98. The van der Waals surface area contributed by atoms with Crippen LogP contribution in [0.1, 0.15) is 28.9 Å². The normalized spacial score (nSPS) is 19.6. The Balaban J connectivity index is 2.41. The number of rotatable bonds is 3. The molecule has 4 N–H and O–H groups in total. The van der Waals surface area contributed by atoms with Crippen molar-refractivity contribution in [1.29, 1.82) is 0 Å². The summed E-state index contributed by atoms with van der Waals surface area (Å²) in [6.07, 6.45) is -2.86. The van der Waals surface area contributed by atoms with E-state index >= 15 is 0 Å². The molecule has 21 heavy (non-hydrogen) atoms. The van der Waals surface area contributed by atoms with Crippen LogP contribution in [0.2, 0.25) is 0 Å². The summed E-state index contributed by atoms with van der Waals surface area (Å²) in [7, 11) is 0. The first-order valence-electron chi connectivity index (χ1n) is 6.66. The fourth-order valence-corrected chi connectivity index (χ4v) is 2.49. The van der Waals surface area contributed by atoms with Crippen LogP contribution in [0.25, 0.3) is 0 Å². The van der Waals surface area contributed by atoms with Crippen molar-refractivity contribution in [2.45, 2.75) is 19.0 Å². The van der Waals surface area contributed by atoms with Gasteiger partial charge < -0.3 is 16.4 Å². The summed E-state index contributed by atoms with van der Waals surface area (Å²) >= 11 is 0. The van der Waals surface area contributed by atoms with Gasteiger partial charge in [0.2, 0.25) is 0 Å². The van der Waals surface area contributed by atoms with Crippen LogP contribution in [0.5, 0.6) is 0 Å². The number of nitrogens with zero attached hydrogens (tertiary/aromatic N) is 2. The van der Waals surface area contributed by atoms with E-state index in [1.165, 1.54) is 0 Å². The minimum Gasteiger partial charge on any atom is -0.365 e. The first-order valence-corrected chi connectivity index (χ1v) is 6.66. The summed E-state index contributed by atoms with van der Waals surface area (Å²) in [5.74, 6) is -0.618. The van der Waals surface area contributed by atoms with Crippen molar-refractivity contribution < 1.29 is 18.0 Å². The highest BCUT2D eigenvalue weighted by Gasteiger charge is 2.34. The lowest BCUT2D eigenvalue weighted by Gasteiger charge is -2.34. The molecule has 0 aromatic carbocycles. The standard InChI is InChI=1S/C13H17F3N4O/c14-13(15,16)10-4-3-9(11(18)21)12(19-10)20-5-1-2-8(6-17)7-20/h3-4,8H,1-2,5-7,17H2,(H2,18,21). The zero-order chi connectivity index (χ0) is 15.6. The van der Waals surface area contributed by atoms with E-state index in [0.29, 0.717) is 19.6 Å². The molecule has 0 radical (unpaired) electrons. The minimum atomic E-state index is -4.56. The number of hydrogen-bond acceptors (Lipinski definition) is 4. The van der Waals surface area contributed by atoms with Gasteiger partial charge in [0.25, 0.3) is 5.91 Å². The van der Waals surface area contributed by atoms with Crippen LogP contribution in [0.15, 0.2) is 12.1 Å². The summed E-state index contributed by atoms with van der Waals surface area (Å²) in [6.45, 7) is 1.46. The van der Waals surface area contributed by atoms with E-state index in [-0.39, 0.29) is 17.3 Å². The van der Waals surface area contributed by atoms with Gasteiger partial charge in [-0.1, -0.05) is 0 Å². The second kappa shape index (κ2) is 5.88. The molecule has 1 saturated heterocycles. The van der Waals surface area contributed by atoms with Crippen LogP contribution >= 0.6 is 0 Å². The monoisotopic (exact) mass is 302 g/mol. The van der Waals surface area contributed by atoms with Crippen LogP contribution in [0, 0.1) is 5.92 Å². The first kappa shape index (κ1) is 15.6. The molecule has 2 heterocycles. The summed E-state index contributed by atoms with van der Waals surface area (Å²) in [6, 6.07) is 1.85. The number of alkyl halides is 3. The van der Waals surface area contributed by atoms with E-state index in [2.05, 4.69) is 4.98 Å². The van der Waals surface area contributed by atoms with E-state index < -0.39 is 17.8 Å². The predicted molar refractivity (Wildman–Crippen MR) is 71.7 cm³/mol. The number of primary amides is 1. The SMILES string of the molecule is NCC1CCCN(c2nc(C(F)(F)F)ccc2C(N)=O)C1. The van der Waals surface area contributed by atoms with Crippen molar-refractivity contribution in [2.24, 2.45) is 17.4 Å². The molecule has 1 aromatic rings. The zero-order valence-electron chi connectivity index (χ0n) is 11.4. The number of halogens is 3. The Hall–Kier alpha value is -1.83. The Kier molecular flexibility index (Phi) is 4.36. The Morgan fingerprint density at radius 1 is 1.43 bits per heavy atom. The van der Waals surface area contributed by atoms with Crippen molar-refractivity contribution in [1.82, 2.24) is 4.98 Å². The highest BCUT2D eigenvalue weighted by molar-refractivity contribution is 5.97. The third-order valence-electron chi connectivity index (χ3n) is 3.58. The maximum Gasteiger partial charge on any atom is 0.433 e. The number of anilines is 1. The van der Waals surface area contributed by atoms with Gasteiger partial charge in [-0.3, -0.25) is 4.79 Å². The molecule has 0 spiro atoms. The van der Waals surface area contributed by atoms with Crippen molar-refractivity contribution in [3.8, 4) is 0 Å². The molecular weight excluding hydrogens is 285 g/mol. The van der Waals surface area contributed by atoms with Crippen LogP contribution in [-0.4, -0.2) is 30.5 Å². The highest BCUT2D eigenvalue weighted by Crippen LogP contribution is 2.31. The smallest absolute Gasteiger partial charge is 0.365 e. The lowest BCUT2D eigenvalue weighted by Crippen LogP contribution is -2.40. The summed E-state index contributed by atoms with van der Waals surface area (Å²) in [4.78, 5) is 16.7. The highest BCUT2D eigenvalue weighted by atomic mass is 19.4. The quantitative estimate of drug-likeness (QED) is 0.883. The summed E-state index contributed by atoms with van der Waals surface area (Å²) in [5, 5.41) is 0. The van der Waals surface area contributed by atoms with Crippen molar-refractivity contribution in [3.05, 3.63) is 23.4 Å². The van der Waals surface area contributed by atoms with E-state index in [1.54, 1.807) is 4.90 Å². The van der Waals surface area contributed by atoms with Crippen LogP contribution in [0.3, 0.4) is 0 Å². The van der Waals surface area contributed by atoms with Crippen LogP contribution < -0.4 is 16.4 Å². The number of carbonyl (C=O) groups is 1. The number of piperidine rings is 1. The maximum atomic E-state index is 12.8. The first-order chi connectivity index (χ1) is 9.82. The Morgan fingerprint density at radius 3 is 2.71 bits per heavy atom. The molecule has 0 bridgehead atoms. The second-order valence-electron chi connectivity index (χ2n) is 5.12. The van der Waals surface area contributed by atoms with Crippen molar-refractivity contribution in [3.63, 3.8) is 0 Å². The number of pyridine rings is 1.